The molecular formula is C26H33FN2O3S. The molecule has 0 radical (unpaired) electrons. The standard InChI is InChI=1S/C26H33FN2O3S/c1-26(2,3)29(25(31)18-7-4-5-8-18)16-24(30)28-13-11-23-21(12-14-33-23)22(28)17-32-20-10-6-9-19(27)15-20/h6,9-10,12,14-15,18,22H,4-5,7-8,11,13,16-17H2,1-3H3/t22-/m1/s1. The van der Waals surface area contributed by atoms with E-state index in [0.29, 0.717) is 12.3 Å². The second-order valence-corrected chi connectivity index (χ2v) is 11.0. The summed E-state index contributed by atoms with van der Waals surface area (Å²) < 4.78 is 19.5. The number of hydrogen-bond donors (Lipinski definition) is 0. The molecule has 0 N–H and O–H groups in total. The first-order chi connectivity index (χ1) is 15.7. The van der Waals surface area contributed by atoms with Gasteiger partial charge in [0.05, 0.1) is 6.04 Å². The van der Waals surface area contributed by atoms with Gasteiger partial charge in [0, 0.05) is 28.9 Å². The fourth-order valence-corrected chi connectivity index (χ4v) is 5.80. The molecule has 178 valence electrons. The first kappa shape index (κ1) is 23.7. The van der Waals surface area contributed by atoms with Crippen LogP contribution in [0.4, 0.5) is 4.39 Å². The van der Waals surface area contributed by atoms with Crippen LogP contribution in [0.2, 0.25) is 0 Å². The zero-order valence-corrected chi connectivity index (χ0v) is 20.5. The van der Waals surface area contributed by atoms with Crippen LogP contribution < -0.4 is 4.74 Å². The first-order valence-electron chi connectivity index (χ1n) is 11.8. The van der Waals surface area contributed by atoms with Crippen molar-refractivity contribution in [3.8, 4) is 5.75 Å². The van der Waals surface area contributed by atoms with Crippen LogP contribution in [0.25, 0.3) is 0 Å². The summed E-state index contributed by atoms with van der Waals surface area (Å²) in [6.45, 7) is 6.86. The minimum absolute atomic E-state index is 0.0222. The highest BCUT2D eigenvalue weighted by Gasteiger charge is 2.38. The van der Waals surface area contributed by atoms with E-state index in [1.165, 1.54) is 17.0 Å². The Morgan fingerprint density at radius 1 is 1.21 bits per heavy atom. The molecule has 2 amide bonds. The van der Waals surface area contributed by atoms with Crippen LogP contribution in [0.15, 0.2) is 35.7 Å². The lowest BCUT2D eigenvalue weighted by molar-refractivity contribution is -0.149. The lowest BCUT2D eigenvalue weighted by Gasteiger charge is -2.41. The quantitative estimate of drug-likeness (QED) is 0.580. The van der Waals surface area contributed by atoms with Gasteiger partial charge in [-0.1, -0.05) is 18.9 Å². The van der Waals surface area contributed by atoms with Crippen molar-refractivity contribution in [2.24, 2.45) is 5.92 Å². The summed E-state index contributed by atoms with van der Waals surface area (Å²) in [4.78, 5) is 31.7. The Bertz CT molecular complexity index is 993. The van der Waals surface area contributed by atoms with Crippen molar-refractivity contribution < 1.29 is 18.7 Å². The lowest BCUT2D eigenvalue weighted by atomic mass is 9.98. The maximum Gasteiger partial charge on any atom is 0.242 e. The maximum atomic E-state index is 13.6. The van der Waals surface area contributed by atoms with Gasteiger partial charge in [0.15, 0.2) is 0 Å². The Kier molecular flexibility index (Phi) is 7.07. The average molecular weight is 473 g/mol. The second kappa shape index (κ2) is 9.84. The van der Waals surface area contributed by atoms with E-state index >= 15 is 0 Å². The lowest BCUT2D eigenvalue weighted by Crippen LogP contribution is -2.54. The van der Waals surface area contributed by atoms with E-state index in [9.17, 15) is 14.0 Å². The van der Waals surface area contributed by atoms with Crippen molar-refractivity contribution in [1.29, 1.82) is 0 Å². The van der Waals surface area contributed by atoms with E-state index in [0.717, 1.165) is 37.7 Å². The van der Waals surface area contributed by atoms with Crippen molar-refractivity contribution in [3.05, 3.63) is 52.0 Å². The number of rotatable bonds is 6. The summed E-state index contributed by atoms with van der Waals surface area (Å²) in [6.07, 6.45) is 4.77. The Morgan fingerprint density at radius 3 is 2.67 bits per heavy atom. The number of hydrogen-bond acceptors (Lipinski definition) is 4. The van der Waals surface area contributed by atoms with Crippen LogP contribution >= 0.6 is 11.3 Å². The molecule has 0 unspecified atom stereocenters. The molecular weight excluding hydrogens is 439 g/mol. The van der Waals surface area contributed by atoms with E-state index in [4.69, 9.17) is 4.74 Å². The largest absolute Gasteiger partial charge is 0.491 e. The number of halogens is 1. The second-order valence-electron chi connectivity index (χ2n) is 10.00. The van der Waals surface area contributed by atoms with Crippen LogP contribution in [-0.2, 0) is 16.0 Å². The Hall–Kier alpha value is -2.41. The molecule has 2 aliphatic rings. The van der Waals surface area contributed by atoms with Gasteiger partial charge in [-0.2, -0.15) is 0 Å². The van der Waals surface area contributed by atoms with Crippen molar-refractivity contribution in [2.75, 3.05) is 19.7 Å². The smallest absolute Gasteiger partial charge is 0.242 e. The molecule has 0 saturated heterocycles. The highest BCUT2D eigenvalue weighted by Crippen LogP contribution is 2.35. The molecule has 33 heavy (non-hydrogen) atoms. The van der Waals surface area contributed by atoms with Crippen LogP contribution in [0, 0.1) is 11.7 Å². The third-order valence-electron chi connectivity index (χ3n) is 6.69. The van der Waals surface area contributed by atoms with Crippen molar-refractivity contribution in [2.45, 2.75) is 64.5 Å². The van der Waals surface area contributed by atoms with E-state index in [1.54, 1.807) is 28.4 Å². The van der Waals surface area contributed by atoms with Crippen molar-refractivity contribution in [3.63, 3.8) is 0 Å². The molecule has 1 aromatic carbocycles. The van der Waals surface area contributed by atoms with Gasteiger partial charge in [-0.15, -0.1) is 11.3 Å². The third-order valence-corrected chi connectivity index (χ3v) is 7.69. The fraction of sp³-hybridized carbons (Fsp3) is 0.538. The number of nitrogens with zero attached hydrogens (tertiary/aromatic N) is 2. The zero-order valence-electron chi connectivity index (χ0n) is 19.7. The molecule has 2 aromatic rings. The summed E-state index contributed by atoms with van der Waals surface area (Å²) in [5, 5.41) is 2.04. The molecule has 1 atom stereocenters. The Labute approximate surface area is 199 Å². The molecule has 1 aromatic heterocycles. The van der Waals surface area contributed by atoms with Crippen molar-refractivity contribution in [1.82, 2.24) is 9.80 Å². The predicted molar refractivity (Wildman–Crippen MR) is 128 cm³/mol. The van der Waals surface area contributed by atoms with Crippen molar-refractivity contribution >= 4 is 23.2 Å². The number of thiophene rings is 1. The number of amides is 2. The number of fused-ring (bicyclic) bond motifs is 1. The van der Waals surface area contributed by atoms with E-state index in [2.05, 4.69) is 0 Å². The van der Waals surface area contributed by atoms with Gasteiger partial charge in [0.25, 0.3) is 0 Å². The monoisotopic (exact) mass is 472 g/mol. The normalized spacial score (nSPS) is 18.8. The predicted octanol–water partition coefficient (Wildman–Crippen LogP) is 5.21. The average Bonchev–Trinajstić information content (AvgIpc) is 3.46. The summed E-state index contributed by atoms with van der Waals surface area (Å²) in [5.41, 5.74) is 0.645. The molecule has 1 aliphatic carbocycles. The minimum atomic E-state index is -0.438. The van der Waals surface area contributed by atoms with Gasteiger partial charge in [0.1, 0.15) is 24.7 Å². The number of carbonyl (C=O) groups excluding carboxylic acids is 2. The van der Waals surface area contributed by atoms with E-state index < -0.39 is 5.54 Å². The molecule has 2 heterocycles. The van der Waals surface area contributed by atoms with E-state index in [-0.39, 0.29) is 42.7 Å². The third kappa shape index (κ3) is 5.40. The number of benzene rings is 1. The number of carbonyl (C=O) groups is 2. The van der Waals surface area contributed by atoms with Crippen LogP contribution in [0.5, 0.6) is 5.75 Å². The molecule has 1 aliphatic heterocycles. The molecule has 1 fully saturated rings. The van der Waals surface area contributed by atoms with Gasteiger partial charge in [-0.25, -0.2) is 4.39 Å². The summed E-state index contributed by atoms with van der Waals surface area (Å²) in [7, 11) is 0. The summed E-state index contributed by atoms with van der Waals surface area (Å²) in [6, 6.07) is 7.84. The minimum Gasteiger partial charge on any atom is -0.491 e. The van der Waals surface area contributed by atoms with Gasteiger partial charge < -0.3 is 14.5 Å². The summed E-state index contributed by atoms with van der Waals surface area (Å²) >= 11 is 1.69. The van der Waals surface area contributed by atoms with E-state index in [1.807, 2.05) is 37.1 Å². The molecule has 0 spiro atoms. The Balaban J connectivity index is 1.53. The van der Waals surface area contributed by atoms with Gasteiger partial charge in [0.2, 0.25) is 11.8 Å². The molecule has 5 nitrogen and oxygen atoms in total. The molecule has 7 heteroatoms. The number of ether oxygens (including phenoxy) is 1. The molecule has 1 saturated carbocycles. The van der Waals surface area contributed by atoms with Gasteiger partial charge in [-0.05, 0) is 69.2 Å². The molecule has 0 bridgehead atoms. The van der Waals surface area contributed by atoms with Gasteiger partial charge in [-0.3, -0.25) is 9.59 Å². The van der Waals surface area contributed by atoms with Crippen LogP contribution in [0.3, 0.4) is 0 Å². The topological polar surface area (TPSA) is 49.9 Å². The zero-order chi connectivity index (χ0) is 23.6. The highest BCUT2D eigenvalue weighted by atomic mass is 32.1. The summed E-state index contributed by atoms with van der Waals surface area (Å²) in [5.74, 6) is 0.132. The molecule has 4 rings (SSSR count). The Morgan fingerprint density at radius 2 is 1.97 bits per heavy atom. The maximum absolute atomic E-state index is 13.6. The first-order valence-corrected chi connectivity index (χ1v) is 12.7. The van der Waals surface area contributed by atoms with Crippen LogP contribution in [0.1, 0.15) is 62.9 Å². The highest BCUT2D eigenvalue weighted by molar-refractivity contribution is 7.10. The van der Waals surface area contributed by atoms with Crippen LogP contribution in [-0.4, -0.2) is 46.8 Å². The fourth-order valence-electron chi connectivity index (χ4n) is 4.87. The van der Waals surface area contributed by atoms with Gasteiger partial charge >= 0.3 is 0 Å². The SMILES string of the molecule is CC(C)(C)N(CC(=O)N1CCc2sccc2[C@H]1COc1cccc(F)c1)C(=O)C1CCCC1.